The van der Waals surface area contributed by atoms with Gasteiger partial charge in [-0.3, -0.25) is 9.59 Å². The Kier molecular flexibility index (Phi) is 4.84. The lowest BCUT2D eigenvalue weighted by Crippen LogP contribution is -2.37. The van der Waals surface area contributed by atoms with Crippen LogP contribution in [0.2, 0.25) is 0 Å². The fourth-order valence-corrected chi connectivity index (χ4v) is 3.17. The van der Waals surface area contributed by atoms with Gasteiger partial charge < -0.3 is 15.0 Å². The molecule has 2 atom stereocenters. The maximum atomic E-state index is 12.4. The van der Waals surface area contributed by atoms with Crippen LogP contribution in [0, 0.1) is 11.8 Å². The molecule has 1 N–H and O–H groups in total. The number of hydrogen-bond acceptors (Lipinski definition) is 3. The molecule has 0 spiro atoms. The van der Waals surface area contributed by atoms with Crippen LogP contribution in [0.5, 0.6) is 5.75 Å². The number of rotatable bonds is 5. The molecular formula is C18H24N2O3. The Hall–Kier alpha value is -2.04. The van der Waals surface area contributed by atoms with E-state index in [0.29, 0.717) is 13.0 Å². The second-order valence-electron chi connectivity index (χ2n) is 6.40. The zero-order valence-electron chi connectivity index (χ0n) is 13.6. The Balaban J connectivity index is 1.45. The molecule has 5 nitrogen and oxygen atoms in total. The fraction of sp³-hybridized carbons (Fsp3) is 0.556. The molecule has 3 rings (SSSR count). The maximum absolute atomic E-state index is 12.4. The summed E-state index contributed by atoms with van der Waals surface area (Å²) < 4.78 is 5.11. The van der Waals surface area contributed by atoms with Gasteiger partial charge >= 0.3 is 0 Å². The molecule has 1 aromatic rings. The van der Waals surface area contributed by atoms with Gasteiger partial charge in [-0.05, 0) is 43.4 Å². The van der Waals surface area contributed by atoms with Crippen molar-refractivity contribution in [1.82, 2.24) is 10.2 Å². The number of methoxy groups -OCH3 is 1. The average Bonchev–Trinajstić information content (AvgIpc) is 3.41. The summed E-state index contributed by atoms with van der Waals surface area (Å²) in [6, 6.07) is 7.62. The van der Waals surface area contributed by atoms with E-state index in [1.54, 1.807) is 7.11 Å². The predicted octanol–water partition coefficient (Wildman–Crippen LogP) is 1.96. The number of nitrogens with one attached hydrogen (secondary N) is 1. The summed E-state index contributed by atoms with van der Waals surface area (Å²) in [5.74, 6) is 0.742. The standard InChI is InChI=1S/C18H24N2O3/c1-23-14-7-5-13(6-8-14)12-19-17(21)15-11-16(15)18(22)20-9-3-2-4-10-20/h5-8,15-16H,2-4,9-12H2,1H3,(H,19,21). The number of hydrogen-bond donors (Lipinski definition) is 1. The van der Waals surface area contributed by atoms with Crippen molar-refractivity contribution in [2.24, 2.45) is 11.8 Å². The molecule has 2 fully saturated rings. The van der Waals surface area contributed by atoms with Gasteiger partial charge in [-0.1, -0.05) is 12.1 Å². The highest BCUT2D eigenvalue weighted by Gasteiger charge is 2.49. The smallest absolute Gasteiger partial charge is 0.226 e. The maximum Gasteiger partial charge on any atom is 0.226 e. The lowest BCUT2D eigenvalue weighted by atomic mass is 10.1. The highest BCUT2D eigenvalue weighted by molar-refractivity contribution is 5.92. The first-order chi connectivity index (χ1) is 11.2. The molecule has 124 valence electrons. The van der Waals surface area contributed by atoms with Crippen molar-refractivity contribution in [3.8, 4) is 5.75 Å². The third-order valence-corrected chi connectivity index (χ3v) is 4.74. The second-order valence-corrected chi connectivity index (χ2v) is 6.40. The molecule has 23 heavy (non-hydrogen) atoms. The van der Waals surface area contributed by atoms with Crippen molar-refractivity contribution in [2.75, 3.05) is 20.2 Å². The highest BCUT2D eigenvalue weighted by Crippen LogP contribution is 2.40. The monoisotopic (exact) mass is 316 g/mol. The van der Waals surface area contributed by atoms with Crippen LogP contribution < -0.4 is 10.1 Å². The van der Waals surface area contributed by atoms with Crippen molar-refractivity contribution in [1.29, 1.82) is 0 Å². The Bertz CT molecular complexity index is 564. The second kappa shape index (κ2) is 7.02. The van der Waals surface area contributed by atoms with Crippen molar-refractivity contribution >= 4 is 11.8 Å². The number of carbonyl (C=O) groups excluding carboxylic acids is 2. The van der Waals surface area contributed by atoms with Crippen LogP contribution >= 0.6 is 0 Å². The van der Waals surface area contributed by atoms with Crippen LogP contribution in [0.3, 0.4) is 0 Å². The summed E-state index contributed by atoms with van der Waals surface area (Å²) in [7, 11) is 1.63. The molecular weight excluding hydrogens is 292 g/mol. The summed E-state index contributed by atoms with van der Waals surface area (Å²) in [4.78, 5) is 26.5. The average molecular weight is 316 g/mol. The molecule has 1 aliphatic carbocycles. The normalized spacial score (nSPS) is 23.3. The van der Waals surface area contributed by atoms with E-state index in [2.05, 4.69) is 5.32 Å². The number of amides is 2. The number of benzene rings is 1. The Morgan fingerprint density at radius 3 is 2.48 bits per heavy atom. The molecule has 1 aromatic carbocycles. The number of nitrogens with zero attached hydrogens (tertiary/aromatic N) is 1. The molecule has 2 aliphatic rings. The lowest BCUT2D eigenvalue weighted by Gasteiger charge is -2.26. The van der Waals surface area contributed by atoms with E-state index in [4.69, 9.17) is 4.74 Å². The number of carbonyl (C=O) groups is 2. The molecule has 2 unspecified atom stereocenters. The largest absolute Gasteiger partial charge is 0.497 e. The minimum atomic E-state index is -0.136. The minimum Gasteiger partial charge on any atom is -0.497 e. The third kappa shape index (κ3) is 3.84. The molecule has 1 heterocycles. The minimum absolute atomic E-state index is 0.00354. The summed E-state index contributed by atoms with van der Waals surface area (Å²) in [5.41, 5.74) is 1.03. The van der Waals surface area contributed by atoms with Gasteiger partial charge in [-0.15, -0.1) is 0 Å². The molecule has 2 amide bonds. The van der Waals surface area contributed by atoms with Gasteiger partial charge in [0.15, 0.2) is 0 Å². The molecule has 0 bridgehead atoms. The van der Waals surface area contributed by atoms with E-state index >= 15 is 0 Å². The van der Waals surface area contributed by atoms with Crippen LogP contribution in [-0.4, -0.2) is 36.9 Å². The SMILES string of the molecule is COc1ccc(CNC(=O)C2CC2C(=O)N2CCCCC2)cc1. The van der Waals surface area contributed by atoms with Crippen molar-refractivity contribution in [3.63, 3.8) is 0 Å². The van der Waals surface area contributed by atoms with Gasteiger partial charge in [0.05, 0.1) is 18.9 Å². The summed E-state index contributed by atoms with van der Waals surface area (Å²) in [6.07, 6.45) is 4.09. The third-order valence-electron chi connectivity index (χ3n) is 4.74. The molecule has 0 aromatic heterocycles. The number of likely N-dealkylation sites (tertiary alicyclic amines) is 1. The van der Waals surface area contributed by atoms with Crippen LogP contribution in [-0.2, 0) is 16.1 Å². The van der Waals surface area contributed by atoms with Gasteiger partial charge in [0, 0.05) is 19.6 Å². The van der Waals surface area contributed by atoms with Crippen molar-refractivity contribution < 1.29 is 14.3 Å². The predicted molar refractivity (Wildman–Crippen MR) is 86.9 cm³/mol. The van der Waals surface area contributed by atoms with Crippen molar-refractivity contribution in [3.05, 3.63) is 29.8 Å². The molecule has 1 aliphatic heterocycles. The van der Waals surface area contributed by atoms with E-state index in [1.165, 1.54) is 6.42 Å². The zero-order chi connectivity index (χ0) is 16.2. The summed E-state index contributed by atoms with van der Waals surface area (Å²) in [6.45, 7) is 2.20. The zero-order valence-corrected chi connectivity index (χ0v) is 13.6. The fourth-order valence-electron chi connectivity index (χ4n) is 3.17. The van der Waals surface area contributed by atoms with E-state index in [9.17, 15) is 9.59 Å². The van der Waals surface area contributed by atoms with Gasteiger partial charge in [-0.2, -0.15) is 0 Å². The first-order valence-electron chi connectivity index (χ1n) is 8.38. The molecule has 5 heteroatoms. The van der Waals surface area contributed by atoms with E-state index in [0.717, 1.165) is 37.2 Å². The summed E-state index contributed by atoms with van der Waals surface area (Å²) >= 11 is 0. The van der Waals surface area contributed by atoms with Crippen LogP contribution in [0.1, 0.15) is 31.2 Å². The topological polar surface area (TPSA) is 58.6 Å². The quantitative estimate of drug-likeness (QED) is 0.903. The van der Waals surface area contributed by atoms with Gasteiger partial charge in [0.2, 0.25) is 11.8 Å². The Morgan fingerprint density at radius 1 is 1.13 bits per heavy atom. The first-order valence-corrected chi connectivity index (χ1v) is 8.38. The molecule has 0 radical (unpaired) electrons. The van der Waals surface area contributed by atoms with E-state index in [1.807, 2.05) is 29.2 Å². The van der Waals surface area contributed by atoms with Gasteiger partial charge in [-0.25, -0.2) is 0 Å². The van der Waals surface area contributed by atoms with E-state index < -0.39 is 0 Å². The Labute approximate surface area is 137 Å². The van der Waals surface area contributed by atoms with Crippen LogP contribution in [0.25, 0.3) is 0 Å². The first kappa shape index (κ1) is 15.8. The lowest BCUT2D eigenvalue weighted by molar-refractivity contribution is -0.135. The number of ether oxygens (including phenoxy) is 1. The van der Waals surface area contributed by atoms with Gasteiger partial charge in [0.1, 0.15) is 5.75 Å². The highest BCUT2D eigenvalue weighted by atomic mass is 16.5. The molecule has 1 saturated heterocycles. The van der Waals surface area contributed by atoms with Crippen LogP contribution in [0.15, 0.2) is 24.3 Å². The summed E-state index contributed by atoms with van der Waals surface area (Å²) in [5, 5.41) is 2.94. The van der Waals surface area contributed by atoms with Crippen LogP contribution in [0.4, 0.5) is 0 Å². The van der Waals surface area contributed by atoms with E-state index in [-0.39, 0.29) is 23.7 Å². The Morgan fingerprint density at radius 2 is 1.83 bits per heavy atom. The molecule has 1 saturated carbocycles. The number of piperidine rings is 1. The van der Waals surface area contributed by atoms with Crippen molar-refractivity contribution in [2.45, 2.75) is 32.2 Å². The van der Waals surface area contributed by atoms with Gasteiger partial charge in [0.25, 0.3) is 0 Å².